The van der Waals surface area contributed by atoms with Crippen LogP contribution in [0.4, 0.5) is 4.39 Å². The fourth-order valence-corrected chi connectivity index (χ4v) is 2.39. The molecule has 1 unspecified atom stereocenters. The zero-order valence-corrected chi connectivity index (χ0v) is 12.2. The molecule has 5 heteroatoms. The van der Waals surface area contributed by atoms with Gasteiger partial charge in [0, 0.05) is 18.2 Å². The molecule has 0 heterocycles. The summed E-state index contributed by atoms with van der Waals surface area (Å²) in [7, 11) is 0.385. The predicted molar refractivity (Wildman–Crippen MR) is 82.5 cm³/mol. The molecule has 0 aromatic heterocycles. The minimum atomic E-state index is -1.50. The highest BCUT2D eigenvalue weighted by Crippen LogP contribution is 2.22. The third kappa shape index (κ3) is 3.70. The SMILES string of the molecule is CC(c1ccccc1F)N(C)Cc1ccccc1B(O)O. The van der Waals surface area contributed by atoms with E-state index in [0.717, 1.165) is 5.56 Å². The van der Waals surface area contributed by atoms with Crippen LogP contribution in [-0.2, 0) is 6.54 Å². The van der Waals surface area contributed by atoms with Crippen LogP contribution in [0.5, 0.6) is 0 Å². The molecular weight excluding hydrogens is 268 g/mol. The molecule has 2 rings (SSSR count). The Labute approximate surface area is 124 Å². The Morgan fingerprint density at radius 3 is 2.38 bits per heavy atom. The average Bonchev–Trinajstić information content (AvgIpc) is 2.47. The van der Waals surface area contributed by atoms with Crippen molar-refractivity contribution in [1.82, 2.24) is 4.90 Å². The number of halogens is 1. The van der Waals surface area contributed by atoms with Gasteiger partial charge in [-0.1, -0.05) is 42.5 Å². The van der Waals surface area contributed by atoms with E-state index in [1.54, 1.807) is 24.3 Å². The summed E-state index contributed by atoms with van der Waals surface area (Å²) in [6, 6.07) is 13.7. The molecule has 21 heavy (non-hydrogen) atoms. The van der Waals surface area contributed by atoms with Crippen LogP contribution in [0, 0.1) is 5.82 Å². The Bertz CT molecular complexity index is 606. The first-order valence-corrected chi connectivity index (χ1v) is 6.89. The molecule has 2 aromatic rings. The molecule has 0 saturated carbocycles. The molecule has 110 valence electrons. The fourth-order valence-electron chi connectivity index (χ4n) is 2.39. The van der Waals surface area contributed by atoms with Crippen molar-refractivity contribution in [2.45, 2.75) is 19.5 Å². The van der Waals surface area contributed by atoms with E-state index in [1.165, 1.54) is 6.07 Å². The normalized spacial score (nSPS) is 12.5. The maximum atomic E-state index is 13.8. The Kier molecular flexibility index (Phi) is 5.12. The van der Waals surface area contributed by atoms with Crippen LogP contribution in [0.2, 0.25) is 0 Å². The lowest BCUT2D eigenvalue weighted by atomic mass is 9.77. The van der Waals surface area contributed by atoms with Gasteiger partial charge in [-0.3, -0.25) is 4.90 Å². The Morgan fingerprint density at radius 2 is 1.71 bits per heavy atom. The third-order valence-electron chi connectivity index (χ3n) is 3.77. The topological polar surface area (TPSA) is 43.7 Å². The number of rotatable bonds is 5. The van der Waals surface area contributed by atoms with Gasteiger partial charge < -0.3 is 10.0 Å². The standard InChI is InChI=1S/C16H19BFNO2/c1-12(14-8-4-6-10-16(14)18)19(2)11-13-7-3-5-9-15(13)17(20)21/h3-10,12,20-21H,11H2,1-2H3. The molecule has 3 nitrogen and oxygen atoms in total. The van der Waals surface area contributed by atoms with E-state index in [4.69, 9.17) is 0 Å². The number of nitrogens with zero attached hydrogens (tertiary/aromatic N) is 1. The predicted octanol–water partition coefficient (Wildman–Crippen LogP) is 1.70. The summed E-state index contributed by atoms with van der Waals surface area (Å²) in [5.74, 6) is -0.229. The molecule has 0 spiro atoms. The van der Waals surface area contributed by atoms with Gasteiger partial charge in [-0.15, -0.1) is 0 Å². The molecule has 0 aliphatic heterocycles. The maximum absolute atomic E-state index is 13.8. The van der Waals surface area contributed by atoms with Gasteiger partial charge in [0.05, 0.1) is 0 Å². The number of hydrogen-bond donors (Lipinski definition) is 2. The molecule has 0 fully saturated rings. The molecule has 2 aromatic carbocycles. The van der Waals surface area contributed by atoms with Gasteiger partial charge in [-0.05, 0) is 31.1 Å². The van der Waals surface area contributed by atoms with Crippen molar-refractivity contribution in [2.75, 3.05) is 7.05 Å². The first-order chi connectivity index (χ1) is 10.0. The fraction of sp³-hybridized carbons (Fsp3) is 0.250. The highest BCUT2D eigenvalue weighted by molar-refractivity contribution is 6.59. The number of hydrogen-bond acceptors (Lipinski definition) is 3. The van der Waals surface area contributed by atoms with Gasteiger partial charge in [0.2, 0.25) is 0 Å². The minimum Gasteiger partial charge on any atom is -0.423 e. The second kappa shape index (κ2) is 6.85. The van der Waals surface area contributed by atoms with Crippen LogP contribution in [0.15, 0.2) is 48.5 Å². The quantitative estimate of drug-likeness (QED) is 0.823. The first kappa shape index (κ1) is 15.7. The molecule has 0 amide bonds. The van der Waals surface area contributed by atoms with Crippen molar-refractivity contribution in [1.29, 1.82) is 0 Å². The zero-order valence-electron chi connectivity index (χ0n) is 12.2. The molecule has 0 saturated heterocycles. The van der Waals surface area contributed by atoms with Crippen LogP contribution in [0.1, 0.15) is 24.1 Å². The van der Waals surface area contributed by atoms with Crippen LogP contribution in [0.3, 0.4) is 0 Å². The lowest BCUT2D eigenvalue weighted by molar-refractivity contribution is 0.248. The van der Waals surface area contributed by atoms with Crippen molar-refractivity contribution in [3.05, 3.63) is 65.5 Å². The summed E-state index contributed by atoms with van der Waals surface area (Å²) in [5, 5.41) is 18.8. The highest BCUT2D eigenvalue weighted by Gasteiger charge is 2.19. The molecular formula is C16H19BFNO2. The van der Waals surface area contributed by atoms with Crippen molar-refractivity contribution < 1.29 is 14.4 Å². The average molecular weight is 287 g/mol. The van der Waals surface area contributed by atoms with E-state index in [-0.39, 0.29) is 11.9 Å². The van der Waals surface area contributed by atoms with Crippen molar-refractivity contribution in [3.8, 4) is 0 Å². The van der Waals surface area contributed by atoms with Gasteiger partial charge in [-0.25, -0.2) is 4.39 Å². The molecule has 0 radical (unpaired) electrons. The summed E-state index contributed by atoms with van der Waals surface area (Å²) in [6.07, 6.45) is 0. The van der Waals surface area contributed by atoms with E-state index in [9.17, 15) is 14.4 Å². The lowest BCUT2D eigenvalue weighted by Gasteiger charge is -2.26. The smallest absolute Gasteiger partial charge is 0.423 e. The van der Waals surface area contributed by atoms with Crippen LogP contribution in [0.25, 0.3) is 0 Å². The zero-order chi connectivity index (χ0) is 15.4. The van der Waals surface area contributed by atoms with Gasteiger partial charge >= 0.3 is 7.12 Å². The Balaban J connectivity index is 2.19. The third-order valence-corrected chi connectivity index (χ3v) is 3.77. The van der Waals surface area contributed by atoms with Crippen LogP contribution < -0.4 is 5.46 Å². The van der Waals surface area contributed by atoms with Gasteiger partial charge in [-0.2, -0.15) is 0 Å². The highest BCUT2D eigenvalue weighted by atomic mass is 19.1. The summed E-state index contributed by atoms with van der Waals surface area (Å²) in [5.41, 5.74) is 1.92. The summed E-state index contributed by atoms with van der Waals surface area (Å²) < 4.78 is 13.8. The van der Waals surface area contributed by atoms with Gasteiger partial charge in [0.1, 0.15) is 5.82 Å². The largest absolute Gasteiger partial charge is 0.488 e. The Morgan fingerprint density at radius 1 is 1.10 bits per heavy atom. The van der Waals surface area contributed by atoms with Crippen LogP contribution >= 0.6 is 0 Å². The monoisotopic (exact) mass is 287 g/mol. The van der Waals surface area contributed by atoms with E-state index in [0.29, 0.717) is 17.6 Å². The molecule has 1 atom stereocenters. The molecule has 0 bridgehead atoms. The molecule has 0 aliphatic rings. The van der Waals surface area contributed by atoms with Crippen molar-refractivity contribution in [2.24, 2.45) is 0 Å². The molecule has 0 aliphatic carbocycles. The van der Waals surface area contributed by atoms with Crippen molar-refractivity contribution in [3.63, 3.8) is 0 Å². The first-order valence-electron chi connectivity index (χ1n) is 6.89. The summed E-state index contributed by atoms with van der Waals surface area (Å²) >= 11 is 0. The van der Waals surface area contributed by atoms with Gasteiger partial charge in [0.15, 0.2) is 0 Å². The van der Waals surface area contributed by atoms with E-state index < -0.39 is 7.12 Å². The Hall–Kier alpha value is -1.69. The van der Waals surface area contributed by atoms with Crippen molar-refractivity contribution >= 4 is 12.6 Å². The van der Waals surface area contributed by atoms with Crippen LogP contribution in [-0.4, -0.2) is 29.1 Å². The van der Waals surface area contributed by atoms with E-state index in [2.05, 4.69) is 0 Å². The van der Waals surface area contributed by atoms with E-state index >= 15 is 0 Å². The maximum Gasteiger partial charge on any atom is 0.488 e. The van der Waals surface area contributed by atoms with Gasteiger partial charge in [0.25, 0.3) is 0 Å². The minimum absolute atomic E-state index is 0.116. The second-order valence-electron chi connectivity index (χ2n) is 5.19. The van der Waals surface area contributed by atoms with E-state index in [1.807, 2.05) is 37.1 Å². The molecule has 2 N–H and O–H groups in total. The lowest BCUT2D eigenvalue weighted by Crippen LogP contribution is -2.35. The summed E-state index contributed by atoms with van der Waals surface area (Å²) in [6.45, 7) is 2.43. The summed E-state index contributed by atoms with van der Waals surface area (Å²) in [4.78, 5) is 1.97. The second-order valence-corrected chi connectivity index (χ2v) is 5.19. The number of benzene rings is 2.